The number of hydrogen-bond donors (Lipinski definition) is 2. The molecular weight excluding hydrogens is 428 g/mol. The maximum atomic E-state index is 14.4. The number of cyclic esters (lactones) is 1. The molecule has 9 heteroatoms. The summed E-state index contributed by atoms with van der Waals surface area (Å²) in [5, 5.41) is 4.45. The van der Waals surface area contributed by atoms with Gasteiger partial charge in [0.15, 0.2) is 0 Å². The summed E-state index contributed by atoms with van der Waals surface area (Å²) in [6.07, 6.45) is -6.34. The molecule has 0 fully saturated rings. The van der Waals surface area contributed by atoms with Gasteiger partial charge in [0.25, 0.3) is 11.5 Å². The second-order valence-corrected chi connectivity index (χ2v) is 7.16. The van der Waals surface area contributed by atoms with Gasteiger partial charge in [-0.25, -0.2) is 9.18 Å². The van der Waals surface area contributed by atoms with Crippen molar-refractivity contribution in [3.8, 4) is 11.1 Å². The quantitative estimate of drug-likeness (QED) is 0.541. The second-order valence-electron chi connectivity index (χ2n) is 7.16. The van der Waals surface area contributed by atoms with Crippen LogP contribution in [0.2, 0.25) is 0 Å². The summed E-state index contributed by atoms with van der Waals surface area (Å²) in [7, 11) is 0. The fourth-order valence-electron chi connectivity index (χ4n) is 3.50. The van der Waals surface area contributed by atoms with Gasteiger partial charge in [-0.3, -0.25) is 10.1 Å². The zero-order valence-corrected chi connectivity index (χ0v) is 16.4. The third kappa shape index (κ3) is 3.89. The lowest BCUT2D eigenvalue weighted by atomic mass is 9.87. The Morgan fingerprint density at radius 1 is 0.969 bits per heavy atom. The minimum Gasteiger partial charge on any atom is -0.426 e. The Hall–Kier alpha value is -3.88. The number of nitrogens with one attached hydrogen (secondary N) is 2. The number of benzene rings is 3. The largest absolute Gasteiger partial charge is 0.434 e. The Morgan fingerprint density at radius 3 is 2.31 bits per heavy atom. The van der Waals surface area contributed by atoms with Gasteiger partial charge in [-0.1, -0.05) is 36.4 Å². The van der Waals surface area contributed by atoms with E-state index in [0.29, 0.717) is 11.1 Å². The third-order valence-electron chi connectivity index (χ3n) is 5.13. The van der Waals surface area contributed by atoms with Gasteiger partial charge in [0.05, 0.1) is 12.2 Å². The molecule has 2 amide bonds. The van der Waals surface area contributed by atoms with E-state index < -0.39 is 36.1 Å². The van der Waals surface area contributed by atoms with Crippen LogP contribution in [0.4, 0.5) is 28.0 Å². The first-order chi connectivity index (χ1) is 15.2. The highest BCUT2D eigenvalue weighted by Crippen LogP contribution is 2.48. The number of fused-ring (bicyclic) bond motifs is 1. The molecule has 1 aliphatic rings. The van der Waals surface area contributed by atoms with Crippen LogP contribution in [-0.2, 0) is 10.3 Å². The van der Waals surface area contributed by atoms with Crippen molar-refractivity contribution >= 4 is 17.7 Å². The Morgan fingerprint density at radius 2 is 1.66 bits per heavy atom. The molecule has 0 spiro atoms. The van der Waals surface area contributed by atoms with E-state index in [-0.39, 0.29) is 16.8 Å². The van der Waals surface area contributed by atoms with E-state index in [9.17, 15) is 27.2 Å². The number of halogens is 4. The maximum Gasteiger partial charge on any atom is 0.434 e. The SMILES string of the molecule is O=C1Nc2ccc(-c3ccccc3)cc2[C@](CNC(=O)c2ccc(F)cc2)(C(F)(F)F)O1. The lowest BCUT2D eigenvalue weighted by molar-refractivity contribution is -0.261. The minimum absolute atomic E-state index is 0.0396. The van der Waals surface area contributed by atoms with Crippen LogP contribution in [0.3, 0.4) is 0 Å². The monoisotopic (exact) mass is 444 g/mol. The number of carbonyl (C=O) groups is 2. The molecule has 0 saturated heterocycles. The van der Waals surface area contributed by atoms with Crippen molar-refractivity contribution in [2.24, 2.45) is 0 Å². The van der Waals surface area contributed by atoms with Gasteiger partial charge in [0.1, 0.15) is 5.82 Å². The molecule has 0 unspecified atom stereocenters. The topological polar surface area (TPSA) is 67.4 Å². The van der Waals surface area contributed by atoms with Crippen molar-refractivity contribution in [2.75, 3.05) is 11.9 Å². The van der Waals surface area contributed by atoms with Crippen LogP contribution in [0.15, 0.2) is 72.8 Å². The molecule has 4 rings (SSSR count). The predicted octanol–water partition coefficient (Wildman–Crippen LogP) is 5.24. The summed E-state index contributed by atoms with van der Waals surface area (Å²) >= 11 is 0. The van der Waals surface area contributed by atoms with Gasteiger partial charge in [0.2, 0.25) is 0 Å². The van der Waals surface area contributed by atoms with Gasteiger partial charge < -0.3 is 10.1 Å². The fraction of sp³-hybridized carbons (Fsp3) is 0.130. The molecule has 0 aliphatic carbocycles. The van der Waals surface area contributed by atoms with Crippen molar-refractivity contribution in [1.29, 1.82) is 0 Å². The molecule has 32 heavy (non-hydrogen) atoms. The number of anilines is 1. The highest BCUT2D eigenvalue weighted by molar-refractivity contribution is 5.94. The molecule has 3 aromatic rings. The van der Waals surface area contributed by atoms with E-state index in [1.807, 2.05) is 0 Å². The number of rotatable bonds is 4. The molecule has 1 heterocycles. The van der Waals surface area contributed by atoms with Crippen molar-refractivity contribution in [2.45, 2.75) is 11.8 Å². The Balaban J connectivity index is 1.75. The molecule has 5 nitrogen and oxygen atoms in total. The van der Waals surface area contributed by atoms with Crippen LogP contribution in [0.25, 0.3) is 11.1 Å². The summed E-state index contributed by atoms with van der Waals surface area (Å²) in [5.74, 6) is -1.47. The number of amides is 2. The van der Waals surface area contributed by atoms with Crippen LogP contribution in [0, 0.1) is 5.82 Å². The summed E-state index contributed by atoms with van der Waals surface area (Å²) in [6, 6.07) is 17.3. The van der Waals surface area contributed by atoms with E-state index in [4.69, 9.17) is 4.74 Å². The molecule has 3 aromatic carbocycles. The Kier molecular flexibility index (Phi) is 5.33. The maximum absolute atomic E-state index is 14.4. The summed E-state index contributed by atoms with van der Waals surface area (Å²) in [6.45, 7) is -1.06. The highest BCUT2D eigenvalue weighted by atomic mass is 19.4. The number of ether oxygens (including phenoxy) is 1. The number of alkyl halides is 3. The molecule has 0 saturated carbocycles. The van der Waals surface area contributed by atoms with E-state index in [0.717, 1.165) is 24.3 Å². The van der Waals surface area contributed by atoms with Gasteiger partial charge >= 0.3 is 12.3 Å². The lowest BCUT2D eigenvalue weighted by Gasteiger charge is -2.39. The van der Waals surface area contributed by atoms with Crippen LogP contribution in [0.5, 0.6) is 0 Å². The van der Waals surface area contributed by atoms with Gasteiger partial charge in [-0.2, -0.15) is 13.2 Å². The molecule has 1 aliphatic heterocycles. The molecule has 0 bridgehead atoms. The zero-order chi connectivity index (χ0) is 22.9. The average Bonchev–Trinajstić information content (AvgIpc) is 2.77. The highest BCUT2D eigenvalue weighted by Gasteiger charge is 2.62. The van der Waals surface area contributed by atoms with Gasteiger partial charge in [0, 0.05) is 11.1 Å². The molecule has 2 N–H and O–H groups in total. The minimum atomic E-state index is -5.05. The first-order valence-corrected chi connectivity index (χ1v) is 9.50. The molecule has 0 radical (unpaired) electrons. The predicted molar refractivity (Wildman–Crippen MR) is 108 cm³/mol. The second kappa shape index (κ2) is 7.99. The third-order valence-corrected chi connectivity index (χ3v) is 5.13. The molecule has 1 atom stereocenters. The smallest absolute Gasteiger partial charge is 0.426 e. The molecule has 164 valence electrons. The van der Waals surface area contributed by atoms with Crippen molar-refractivity contribution in [1.82, 2.24) is 5.32 Å². The van der Waals surface area contributed by atoms with Crippen molar-refractivity contribution in [3.05, 3.63) is 89.7 Å². The molecule has 0 aromatic heterocycles. The summed E-state index contributed by atoms with van der Waals surface area (Å²) < 4.78 is 61.0. The normalized spacial score (nSPS) is 17.7. The fourth-order valence-corrected chi connectivity index (χ4v) is 3.50. The van der Waals surface area contributed by atoms with Crippen LogP contribution in [0.1, 0.15) is 15.9 Å². The first-order valence-electron chi connectivity index (χ1n) is 9.50. The Bertz CT molecular complexity index is 1160. The van der Waals surface area contributed by atoms with E-state index >= 15 is 0 Å². The number of hydrogen-bond acceptors (Lipinski definition) is 3. The van der Waals surface area contributed by atoms with Crippen molar-refractivity contribution in [3.63, 3.8) is 0 Å². The standard InChI is InChI=1S/C23H16F4N2O3/c24-17-9-6-15(7-10-17)20(30)28-13-22(23(25,26)27)18-12-16(14-4-2-1-3-5-14)8-11-19(18)29-21(31)32-22/h1-12H,13H2,(H,28,30)(H,29,31)/t22-/m1/s1. The Labute approximate surface area is 180 Å². The summed E-state index contributed by atoms with van der Waals surface area (Å²) in [4.78, 5) is 24.4. The zero-order valence-electron chi connectivity index (χ0n) is 16.4. The van der Waals surface area contributed by atoms with E-state index in [1.165, 1.54) is 12.1 Å². The van der Waals surface area contributed by atoms with E-state index in [1.54, 1.807) is 36.4 Å². The molecular formula is C23H16F4N2O3. The van der Waals surface area contributed by atoms with Crippen molar-refractivity contribution < 1.29 is 31.9 Å². The van der Waals surface area contributed by atoms with Gasteiger partial charge in [-0.15, -0.1) is 0 Å². The van der Waals surface area contributed by atoms with Crippen LogP contribution in [-0.4, -0.2) is 24.7 Å². The van der Waals surface area contributed by atoms with Crippen LogP contribution < -0.4 is 10.6 Å². The lowest BCUT2D eigenvalue weighted by Crippen LogP contribution is -2.56. The first kappa shape index (κ1) is 21.4. The van der Waals surface area contributed by atoms with Gasteiger partial charge in [-0.05, 0) is 47.5 Å². The number of carbonyl (C=O) groups excluding carboxylic acids is 2. The van der Waals surface area contributed by atoms with Crippen LogP contribution >= 0.6 is 0 Å². The average molecular weight is 444 g/mol. The summed E-state index contributed by atoms with van der Waals surface area (Å²) in [5.41, 5.74) is -2.44. The van der Waals surface area contributed by atoms with E-state index in [2.05, 4.69) is 10.6 Å².